The van der Waals surface area contributed by atoms with E-state index in [9.17, 15) is 8.78 Å². The first-order valence-electron chi connectivity index (χ1n) is 6.48. The Morgan fingerprint density at radius 1 is 1.10 bits per heavy atom. The zero-order valence-electron chi connectivity index (χ0n) is 11.4. The maximum absolute atomic E-state index is 14.1. The van der Waals surface area contributed by atoms with Gasteiger partial charge >= 0.3 is 0 Å². The molecule has 2 aromatic rings. The highest BCUT2D eigenvalue weighted by molar-refractivity contribution is 14.1. The normalized spacial score (nSPS) is 12.4. The fraction of sp³-hybridized carbons (Fsp3) is 0.250. The molecule has 2 rings (SSSR count). The third-order valence-corrected chi connectivity index (χ3v) is 4.71. The van der Waals surface area contributed by atoms with E-state index in [1.807, 2.05) is 32.0 Å². The molecule has 0 amide bonds. The Kier molecular flexibility index (Phi) is 5.10. The Hall–Kier alpha value is -1.01. The van der Waals surface area contributed by atoms with Gasteiger partial charge in [-0.25, -0.2) is 8.78 Å². The Morgan fingerprint density at radius 3 is 2.45 bits per heavy atom. The summed E-state index contributed by atoms with van der Waals surface area (Å²) < 4.78 is 28.6. The van der Waals surface area contributed by atoms with Crippen molar-refractivity contribution in [2.75, 3.05) is 6.54 Å². The van der Waals surface area contributed by atoms with E-state index in [-0.39, 0.29) is 6.04 Å². The minimum Gasteiger partial charge on any atom is -0.306 e. The van der Waals surface area contributed by atoms with Crippen LogP contribution < -0.4 is 5.32 Å². The monoisotopic (exact) mass is 387 g/mol. The average Bonchev–Trinajstić information content (AvgIpc) is 2.43. The van der Waals surface area contributed by atoms with Gasteiger partial charge in [0.1, 0.15) is 0 Å². The molecule has 2 aromatic carbocycles. The molecule has 0 bridgehead atoms. The van der Waals surface area contributed by atoms with Crippen molar-refractivity contribution in [3.8, 4) is 0 Å². The average molecular weight is 387 g/mol. The summed E-state index contributed by atoms with van der Waals surface area (Å²) >= 11 is 2.25. The van der Waals surface area contributed by atoms with Crippen LogP contribution in [0, 0.1) is 22.1 Å². The van der Waals surface area contributed by atoms with Gasteiger partial charge in [-0.3, -0.25) is 0 Å². The minimum absolute atomic E-state index is 0.343. The van der Waals surface area contributed by atoms with Crippen LogP contribution in [-0.4, -0.2) is 6.54 Å². The lowest BCUT2D eigenvalue weighted by Crippen LogP contribution is -2.24. The third kappa shape index (κ3) is 3.01. The fourth-order valence-electron chi connectivity index (χ4n) is 2.23. The second kappa shape index (κ2) is 6.63. The zero-order valence-corrected chi connectivity index (χ0v) is 13.5. The zero-order chi connectivity index (χ0) is 14.7. The van der Waals surface area contributed by atoms with Crippen molar-refractivity contribution < 1.29 is 8.78 Å². The van der Waals surface area contributed by atoms with E-state index < -0.39 is 11.6 Å². The van der Waals surface area contributed by atoms with Crippen LogP contribution in [0.15, 0.2) is 36.4 Å². The molecule has 1 N–H and O–H groups in total. The van der Waals surface area contributed by atoms with E-state index in [1.54, 1.807) is 12.1 Å². The van der Waals surface area contributed by atoms with E-state index in [2.05, 4.69) is 27.9 Å². The molecule has 4 heteroatoms. The lowest BCUT2D eigenvalue weighted by molar-refractivity contribution is 0.482. The van der Waals surface area contributed by atoms with Crippen LogP contribution >= 0.6 is 22.6 Å². The van der Waals surface area contributed by atoms with Gasteiger partial charge in [-0.2, -0.15) is 0 Å². The van der Waals surface area contributed by atoms with Crippen LogP contribution in [0.4, 0.5) is 8.78 Å². The molecular weight excluding hydrogens is 371 g/mol. The molecule has 0 aromatic heterocycles. The van der Waals surface area contributed by atoms with Crippen LogP contribution in [0.5, 0.6) is 0 Å². The van der Waals surface area contributed by atoms with Crippen molar-refractivity contribution >= 4 is 22.6 Å². The second-order valence-corrected chi connectivity index (χ2v) is 5.69. The number of nitrogens with one attached hydrogen (secondary N) is 1. The number of aryl methyl sites for hydroxylation is 1. The van der Waals surface area contributed by atoms with Gasteiger partial charge in [0.2, 0.25) is 0 Å². The molecule has 1 unspecified atom stereocenters. The quantitative estimate of drug-likeness (QED) is 0.758. The lowest BCUT2D eigenvalue weighted by atomic mass is 9.96. The molecular formula is C16H16F2IN. The maximum atomic E-state index is 14.1. The first kappa shape index (κ1) is 15.4. The van der Waals surface area contributed by atoms with E-state index >= 15 is 0 Å². The molecule has 0 saturated heterocycles. The van der Waals surface area contributed by atoms with Crippen molar-refractivity contribution in [1.29, 1.82) is 0 Å². The SMILES string of the molecule is CCNC(c1cccc(F)c1F)c1cccc(C)c1I. The van der Waals surface area contributed by atoms with Crippen molar-refractivity contribution in [1.82, 2.24) is 5.32 Å². The summed E-state index contributed by atoms with van der Waals surface area (Å²) in [5, 5.41) is 3.24. The Labute approximate surface area is 131 Å². The first-order valence-corrected chi connectivity index (χ1v) is 7.56. The van der Waals surface area contributed by atoms with Gasteiger partial charge in [0.25, 0.3) is 0 Å². The molecule has 106 valence electrons. The van der Waals surface area contributed by atoms with Gasteiger partial charge in [-0.1, -0.05) is 37.3 Å². The van der Waals surface area contributed by atoms with Crippen molar-refractivity contribution in [2.45, 2.75) is 19.9 Å². The number of rotatable bonds is 4. The molecule has 1 atom stereocenters. The summed E-state index contributed by atoms with van der Waals surface area (Å²) in [7, 11) is 0. The molecule has 0 spiro atoms. The Balaban J connectivity index is 2.56. The standard InChI is InChI=1S/C16H16F2IN/c1-3-20-16(11-7-5-9-13(17)14(11)18)12-8-4-6-10(2)15(12)19/h4-9,16,20H,3H2,1-2H3. The summed E-state index contributed by atoms with van der Waals surface area (Å²) in [4.78, 5) is 0. The molecule has 0 aliphatic heterocycles. The Morgan fingerprint density at radius 2 is 1.75 bits per heavy atom. The fourth-order valence-corrected chi connectivity index (χ4v) is 2.90. The highest BCUT2D eigenvalue weighted by Gasteiger charge is 2.21. The number of benzene rings is 2. The van der Waals surface area contributed by atoms with Gasteiger partial charge in [0, 0.05) is 9.13 Å². The summed E-state index contributed by atoms with van der Waals surface area (Å²) in [6.45, 7) is 4.63. The predicted octanol–water partition coefficient (Wildman–Crippen LogP) is 4.58. The molecule has 0 saturated carbocycles. The highest BCUT2D eigenvalue weighted by atomic mass is 127. The van der Waals surface area contributed by atoms with E-state index in [0.717, 1.165) is 20.8 Å². The smallest absolute Gasteiger partial charge is 0.163 e. The van der Waals surface area contributed by atoms with Gasteiger partial charge in [0.05, 0.1) is 6.04 Å². The predicted molar refractivity (Wildman–Crippen MR) is 85.8 cm³/mol. The first-order chi connectivity index (χ1) is 9.56. The van der Waals surface area contributed by atoms with Crippen LogP contribution in [0.3, 0.4) is 0 Å². The topological polar surface area (TPSA) is 12.0 Å². The maximum Gasteiger partial charge on any atom is 0.163 e. The van der Waals surface area contributed by atoms with Crippen LogP contribution in [0.1, 0.15) is 29.7 Å². The molecule has 20 heavy (non-hydrogen) atoms. The number of hydrogen-bond acceptors (Lipinski definition) is 1. The molecule has 0 radical (unpaired) electrons. The summed E-state index contributed by atoms with van der Waals surface area (Å²) in [5.74, 6) is -1.59. The molecule has 0 aliphatic rings. The highest BCUT2D eigenvalue weighted by Crippen LogP contribution is 2.30. The summed E-state index contributed by atoms with van der Waals surface area (Å²) in [5.41, 5.74) is 2.44. The molecule has 1 nitrogen and oxygen atoms in total. The van der Waals surface area contributed by atoms with Crippen LogP contribution in [0.2, 0.25) is 0 Å². The second-order valence-electron chi connectivity index (χ2n) is 4.61. The van der Waals surface area contributed by atoms with Crippen molar-refractivity contribution in [3.05, 3.63) is 68.3 Å². The van der Waals surface area contributed by atoms with Gasteiger partial charge in [-0.05, 0) is 53.3 Å². The number of halogens is 3. The van der Waals surface area contributed by atoms with Gasteiger partial charge in [-0.15, -0.1) is 0 Å². The molecule has 0 aliphatic carbocycles. The molecule has 0 heterocycles. The lowest BCUT2D eigenvalue weighted by Gasteiger charge is -2.21. The number of hydrogen-bond donors (Lipinski definition) is 1. The van der Waals surface area contributed by atoms with Crippen LogP contribution in [0.25, 0.3) is 0 Å². The van der Waals surface area contributed by atoms with Gasteiger partial charge in [0.15, 0.2) is 11.6 Å². The minimum atomic E-state index is -0.812. The van der Waals surface area contributed by atoms with Crippen molar-refractivity contribution in [3.63, 3.8) is 0 Å². The third-order valence-electron chi connectivity index (χ3n) is 3.23. The Bertz CT molecular complexity index is 562. The van der Waals surface area contributed by atoms with E-state index in [1.165, 1.54) is 0 Å². The molecule has 0 fully saturated rings. The summed E-state index contributed by atoms with van der Waals surface area (Å²) in [6, 6.07) is 9.87. The summed E-state index contributed by atoms with van der Waals surface area (Å²) in [6.07, 6.45) is 0. The van der Waals surface area contributed by atoms with Crippen LogP contribution in [-0.2, 0) is 0 Å². The van der Waals surface area contributed by atoms with Crippen molar-refractivity contribution in [2.24, 2.45) is 0 Å². The van der Waals surface area contributed by atoms with Gasteiger partial charge < -0.3 is 5.32 Å². The van der Waals surface area contributed by atoms with E-state index in [4.69, 9.17) is 0 Å². The largest absolute Gasteiger partial charge is 0.306 e. The van der Waals surface area contributed by atoms with E-state index in [0.29, 0.717) is 12.1 Å².